The van der Waals surface area contributed by atoms with E-state index >= 15 is 0 Å². The molecule has 0 aliphatic heterocycles. The molecule has 24 heavy (non-hydrogen) atoms. The molecule has 7 heteroatoms. The van der Waals surface area contributed by atoms with Crippen LogP contribution in [-0.4, -0.2) is 33.2 Å². The highest BCUT2D eigenvalue weighted by Crippen LogP contribution is 2.32. The molecule has 0 unspecified atom stereocenters. The van der Waals surface area contributed by atoms with E-state index in [-0.39, 0.29) is 6.42 Å². The van der Waals surface area contributed by atoms with Crippen LogP contribution in [0.1, 0.15) is 12.0 Å². The predicted octanol–water partition coefficient (Wildman–Crippen LogP) is 2.46. The monoisotopic (exact) mass is 349 g/mol. The minimum absolute atomic E-state index is 0.208. The van der Waals surface area contributed by atoms with Crippen molar-refractivity contribution < 1.29 is 24.3 Å². The van der Waals surface area contributed by atoms with Crippen LogP contribution >= 0.6 is 7.60 Å². The van der Waals surface area contributed by atoms with E-state index in [1.807, 2.05) is 54.6 Å². The summed E-state index contributed by atoms with van der Waals surface area (Å²) in [5, 5.41) is 11.6. The van der Waals surface area contributed by atoms with Gasteiger partial charge in [-0.05, 0) is 23.1 Å². The molecule has 4 N–H and O–H groups in total. The summed E-state index contributed by atoms with van der Waals surface area (Å²) in [6, 6.07) is 17.0. The Labute approximate surface area is 140 Å². The van der Waals surface area contributed by atoms with E-state index in [2.05, 4.69) is 5.32 Å². The van der Waals surface area contributed by atoms with E-state index in [0.717, 1.165) is 16.7 Å². The van der Waals surface area contributed by atoms with Gasteiger partial charge < -0.3 is 20.2 Å². The zero-order valence-corrected chi connectivity index (χ0v) is 13.9. The van der Waals surface area contributed by atoms with Crippen molar-refractivity contribution in [3.63, 3.8) is 0 Å². The van der Waals surface area contributed by atoms with Gasteiger partial charge >= 0.3 is 13.6 Å². The Balaban J connectivity index is 2.05. The van der Waals surface area contributed by atoms with Crippen LogP contribution in [-0.2, 0) is 15.8 Å². The molecule has 0 radical (unpaired) electrons. The van der Waals surface area contributed by atoms with E-state index in [9.17, 15) is 9.36 Å². The first-order valence-electron chi connectivity index (χ1n) is 7.47. The molecule has 0 bridgehead atoms. The molecule has 128 valence electrons. The first-order chi connectivity index (χ1) is 11.3. The number of hydrogen-bond acceptors (Lipinski definition) is 3. The highest BCUT2D eigenvalue weighted by molar-refractivity contribution is 7.51. The van der Waals surface area contributed by atoms with E-state index < -0.39 is 25.9 Å². The molecule has 0 aromatic heterocycles. The third kappa shape index (κ3) is 6.26. The minimum Gasteiger partial charge on any atom is -0.481 e. The average molecular weight is 349 g/mol. The van der Waals surface area contributed by atoms with Gasteiger partial charge in [-0.1, -0.05) is 54.6 Å². The molecule has 0 aliphatic rings. The van der Waals surface area contributed by atoms with Gasteiger partial charge in [0.05, 0.1) is 12.7 Å². The molecular formula is C17H20NO5P. The van der Waals surface area contributed by atoms with Crippen LogP contribution in [0.15, 0.2) is 54.6 Å². The van der Waals surface area contributed by atoms with Crippen molar-refractivity contribution in [1.82, 2.24) is 5.32 Å². The molecule has 0 fully saturated rings. The van der Waals surface area contributed by atoms with Crippen molar-refractivity contribution in [1.29, 1.82) is 0 Å². The second-order valence-corrected chi connectivity index (χ2v) is 7.23. The molecule has 2 aromatic carbocycles. The van der Waals surface area contributed by atoms with Gasteiger partial charge in [-0.25, -0.2) is 0 Å². The Morgan fingerprint density at radius 2 is 1.58 bits per heavy atom. The lowest BCUT2D eigenvalue weighted by molar-refractivity contribution is -0.137. The predicted molar refractivity (Wildman–Crippen MR) is 91.7 cm³/mol. The van der Waals surface area contributed by atoms with E-state index in [1.54, 1.807) is 0 Å². The third-order valence-corrected chi connectivity index (χ3v) is 4.14. The molecule has 0 saturated heterocycles. The smallest absolute Gasteiger partial charge is 0.339 e. The average Bonchev–Trinajstić information content (AvgIpc) is 2.53. The number of carboxylic acid groups (broad SMARTS) is 1. The van der Waals surface area contributed by atoms with Gasteiger partial charge in [0.2, 0.25) is 0 Å². The lowest BCUT2D eigenvalue weighted by atomic mass is 9.99. The summed E-state index contributed by atoms with van der Waals surface area (Å²) in [5.74, 6) is -1.01. The molecule has 0 saturated carbocycles. The summed E-state index contributed by atoms with van der Waals surface area (Å²) in [7, 11) is -4.22. The third-order valence-electron chi connectivity index (χ3n) is 3.55. The van der Waals surface area contributed by atoms with Crippen molar-refractivity contribution >= 4 is 13.6 Å². The first kappa shape index (κ1) is 18.4. The summed E-state index contributed by atoms with van der Waals surface area (Å²) in [6.07, 6.45) is -0.366. The maximum absolute atomic E-state index is 11.0. The van der Waals surface area contributed by atoms with Crippen LogP contribution in [0.4, 0.5) is 0 Å². The van der Waals surface area contributed by atoms with Crippen molar-refractivity contribution in [2.24, 2.45) is 0 Å². The largest absolute Gasteiger partial charge is 0.481 e. The van der Waals surface area contributed by atoms with Crippen molar-refractivity contribution in [3.05, 3.63) is 60.2 Å². The lowest BCUT2D eigenvalue weighted by Gasteiger charge is -2.17. The summed E-state index contributed by atoms with van der Waals surface area (Å²) < 4.78 is 11.0. The maximum atomic E-state index is 11.0. The number of aliphatic carboxylic acids is 1. The summed E-state index contributed by atoms with van der Waals surface area (Å²) in [5.41, 5.74) is 3.04. The van der Waals surface area contributed by atoms with Gasteiger partial charge in [-0.3, -0.25) is 9.36 Å². The Morgan fingerprint density at radius 1 is 1.00 bits per heavy atom. The Hall–Kier alpha value is -1.98. The van der Waals surface area contributed by atoms with E-state index in [0.29, 0.717) is 6.42 Å². The molecule has 0 aliphatic carbocycles. The zero-order chi connectivity index (χ0) is 17.6. The maximum Gasteiger partial charge on any atom is 0.339 e. The Kier molecular flexibility index (Phi) is 6.29. The summed E-state index contributed by atoms with van der Waals surface area (Å²) in [6.45, 7) is 0. The summed E-state index contributed by atoms with van der Waals surface area (Å²) in [4.78, 5) is 28.8. The lowest BCUT2D eigenvalue weighted by Crippen LogP contribution is -2.34. The van der Waals surface area contributed by atoms with Crippen LogP contribution in [0.2, 0.25) is 0 Å². The number of carbonyl (C=O) groups is 1. The molecular weight excluding hydrogens is 329 g/mol. The van der Waals surface area contributed by atoms with Gasteiger partial charge in [-0.2, -0.15) is 0 Å². The molecule has 2 aromatic rings. The van der Waals surface area contributed by atoms with Crippen LogP contribution in [0.3, 0.4) is 0 Å². The van der Waals surface area contributed by atoms with Crippen LogP contribution in [0.25, 0.3) is 11.1 Å². The second kappa shape index (κ2) is 8.22. The van der Waals surface area contributed by atoms with E-state index in [1.165, 1.54) is 0 Å². The minimum atomic E-state index is -4.22. The molecule has 0 amide bonds. The number of nitrogens with one attached hydrogen (secondary N) is 1. The fourth-order valence-electron chi connectivity index (χ4n) is 2.42. The van der Waals surface area contributed by atoms with Gasteiger partial charge in [0.1, 0.15) is 0 Å². The van der Waals surface area contributed by atoms with Gasteiger partial charge in [0, 0.05) is 6.04 Å². The number of rotatable bonds is 8. The number of hydrogen-bond donors (Lipinski definition) is 4. The fraction of sp³-hybridized carbons (Fsp3) is 0.235. The zero-order valence-electron chi connectivity index (χ0n) is 13.0. The van der Waals surface area contributed by atoms with E-state index in [4.69, 9.17) is 14.9 Å². The Bertz CT molecular complexity index is 712. The van der Waals surface area contributed by atoms with Gasteiger partial charge in [-0.15, -0.1) is 0 Å². The number of benzene rings is 2. The topological polar surface area (TPSA) is 107 Å². The normalized spacial score (nSPS) is 12.8. The SMILES string of the molecule is O=C(O)C[C@H](Cc1ccc(-c2ccccc2)cc1)NCP(=O)(O)O. The van der Waals surface area contributed by atoms with Gasteiger partial charge in [0.15, 0.2) is 0 Å². The molecule has 0 spiro atoms. The summed E-state index contributed by atoms with van der Waals surface area (Å²) >= 11 is 0. The van der Waals surface area contributed by atoms with Crippen LogP contribution in [0, 0.1) is 0 Å². The molecule has 0 heterocycles. The molecule has 2 rings (SSSR count). The highest BCUT2D eigenvalue weighted by Gasteiger charge is 2.19. The van der Waals surface area contributed by atoms with Crippen molar-refractivity contribution in [3.8, 4) is 11.1 Å². The quantitative estimate of drug-likeness (QED) is 0.546. The number of carboxylic acids is 1. The van der Waals surface area contributed by atoms with Crippen molar-refractivity contribution in [2.75, 3.05) is 6.29 Å². The first-order valence-corrected chi connectivity index (χ1v) is 9.27. The molecule has 1 atom stereocenters. The van der Waals surface area contributed by atoms with Crippen LogP contribution < -0.4 is 5.32 Å². The van der Waals surface area contributed by atoms with Crippen molar-refractivity contribution in [2.45, 2.75) is 18.9 Å². The highest BCUT2D eigenvalue weighted by atomic mass is 31.2. The van der Waals surface area contributed by atoms with Gasteiger partial charge in [0.25, 0.3) is 0 Å². The molecule has 6 nitrogen and oxygen atoms in total. The second-order valence-electron chi connectivity index (χ2n) is 5.59. The standard InChI is InChI=1S/C17H20NO5P/c19-17(20)11-16(18-12-24(21,22)23)10-13-6-8-15(9-7-13)14-4-2-1-3-5-14/h1-9,16,18H,10-12H2,(H,19,20)(H2,21,22,23)/t16-/m0/s1. The fourth-order valence-corrected chi connectivity index (χ4v) is 2.92. The Morgan fingerprint density at radius 3 is 2.12 bits per heavy atom. The van der Waals surface area contributed by atoms with Crippen LogP contribution in [0.5, 0.6) is 0 Å².